The number of ether oxygens (including phenoxy) is 5. The molecular formula is C31H43N3O6. The van der Waals surface area contributed by atoms with E-state index in [1.54, 1.807) is 13.3 Å². The lowest BCUT2D eigenvalue weighted by molar-refractivity contribution is -0.214. The maximum atomic E-state index is 12.5. The average molecular weight is 554 g/mol. The summed E-state index contributed by atoms with van der Waals surface area (Å²) in [4.78, 5) is 22.0. The molecule has 2 unspecified atom stereocenters. The van der Waals surface area contributed by atoms with Crippen molar-refractivity contribution in [2.24, 2.45) is 11.8 Å². The number of aromatic nitrogens is 1. The summed E-state index contributed by atoms with van der Waals surface area (Å²) < 4.78 is 28.9. The van der Waals surface area contributed by atoms with Crippen molar-refractivity contribution in [1.82, 2.24) is 9.88 Å². The number of fused-ring (bicyclic) bond motifs is 3. The zero-order chi connectivity index (χ0) is 27.5. The molecule has 0 amide bonds. The second-order valence-corrected chi connectivity index (χ2v) is 11.7. The van der Waals surface area contributed by atoms with Crippen molar-refractivity contribution in [2.75, 3.05) is 65.1 Å². The van der Waals surface area contributed by atoms with E-state index in [-0.39, 0.29) is 11.8 Å². The van der Waals surface area contributed by atoms with Crippen LogP contribution in [0.2, 0.25) is 0 Å². The third-order valence-corrected chi connectivity index (χ3v) is 9.48. The minimum Gasteiger partial charge on any atom is -0.497 e. The number of likely N-dealkylation sites (tertiary alicyclic amines) is 1. The molecule has 2 saturated heterocycles. The molecule has 3 fully saturated rings. The van der Waals surface area contributed by atoms with Crippen LogP contribution in [0.25, 0.3) is 10.9 Å². The number of carbonyl (C=O) groups is 1. The topological polar surface area (TPSA) is 82.6 Å². The molecule has 1 spiro atoms. The minimum atomic E-state index is -0.667. The highest BCUT2D eigenvalue weighted by atomic mass is 16.7. The lowest BCUT2D eigenvalue weighted by Gasteiger charge is -2.41. The van der Waals surface area contributed by atoms with Crippen LogP contribution in [0.15, 0.2) is 24.4 Å². The van der Waals surface area contributed by atoms with Crippen LogP contribution < -0.4 is 14.4 Å². The van der Waals surface area contributed by atoms with E-state index in [2.05, 4.69) is 14.8 Å². The normalized spacial score (nSPS) is 25.1. The molecule has 9 nitrogen and oxygen atoms in total. The van der Waals surface area contributed by atoms with Crippen molar-refractivity contribution >= 4 is 22.6 Å². The first-order valence-corrected chi connectivity index (χ1v) is 15.0. The molecular weight excluding hydrogens is 510 g/mol. The van der Waals surface area contributed by atoms with E-state index in [4.69, 9.17) is 23.7 Å². The van der Waals surface area contributed by atoms with Gasteiger partial charge in [0.15, 0.2) is 11.5 Å². The van der Waals surface area contributed by atoms with Crippen LogP contribution in [0.3, 0.4) is 0 Å². The van der Waals surface area contributed by atoms with Crippen molar-refractivity contribution in [3.63, 3.8) is 0 Å². The summed E-state index contributed by atoms with van der Waals surface area (Å²) in [5.74, 6) is 1.92. The highest BCUT2D eigenvalue weighted by molar-refractivity contribution is 5.96. The van der Waals surface area contributed by atoms with Crippen molar-refractivity contribution in [3.8, 4) is 11.5 Å². The van der Waals surface area contributed by atoms with Gasteiger partial charge in [-0.15, -0.1) is 0 Å². The number of anilines is 1. The summed E-state index contributed by atoms with van der Waals surface area (Å²) in [7, 11) is 3.08. The maximum absolute atomic E-state index is 12.5. The number of pyridine rings is 1. The fourth-order valence-electron chi connectivity index (χ4n) is 7.19. The number of piperidine rings is 1. The molecule has 1 aromatic carbocycles. The van der Waals surface area contributed by atoms with Crippen LogP contribution in [0.4, 0.5) is 5.69 Å². The molecule has 4 aliphatic rings. The Balaban J connectivity index is 1.07. The predicted molar refractivity (Wildman–Crippen MR) is 152 cm³/mol. The SMILES string of the molecule is COC(=O)C1CN(CCC2CCN(CCC3CCCCC34OCCO4)CC2)c2c(cnc3ccc(OC)cc23)O1. The van der Waals surface area contributed by atoms with Crippen molar-refractivity contribution in [3.05, 3.63) is 24.4 Å². The Bertz CT molecular complexity index is 1180. The zero-order valence-corrected chi connectivity index (χ0v) is 23.9. The molecule has 4 heterocycles. The van der Waals surface area contributed by atoms with Gasteiger partial charge in [-0.05, 0) is 82.3 Å². The summed E-state index contributed by atoms with van der Waals surface area (Å²) in [5.41, 5.74) is 1.87. The van der Waals surface area contributed by atoms with Crippen LogP contribution >= 0.6 is 0 Å². The Morgan fingerprint density at radius 3 is 2.67 bits per heavy atom. The summed E-state index contributed by atoms with van der Waals surface area (Å²) in [6, 6.07) is 5.89. The highest BCUT2D eigenvalue weighted by Gasteiger charge is 2.45. The molecule has 6 rings (SSSR count). The van der Waals surface area contributed by atoms with Gasteiger partial charge in [0.05, 0.1) is 51.4 Å². The standard InChI is InChI=1S/C31H43N3O6/c1-36-24-6-7-26-25(19-24)29-27(20-32-26)40-28(30(35)37-2)21-34(29)16-10-22-8-13-33(14-9-22)15-11-23-5-3-4-12-31(23)38-17-18-39-31/h6-7,19-20,22-23,28H,3-5,8-18,21H2,1-2H3. The smallest absolute Gasteiger partial charge is 0.348 e. The molecule has 0 N–H and O–H groups in total. The molecule has 2 atom stereocenters. The third kappa shape index (κ3) is 5.60. The van der Waals surface area contributed by atoms with E-state index in [0.29, 0.717) is 24.1 Å². The molecule has 2 aromatic rings. The third-order valence-electron chi connectivity index (χ3n) is 9.48. The first kappa shape index (κ1) is 27.5. The number of hydrogen-bond donors (Lipinski definition) is 0. The largest absolute Gasteiger partial charge is 0.497 e. The Hall–Kier alpha value is -2.62. The van der Waals surface area contributed by atoms with Gasteiger partial charge in [-0.1, -0.05) is 6.42 Å². The van der Waals surface area contributed by atoms with Crippen LogP contribution in [-0.4, -0.2) is 87.9 Å². The van der Waals surface area contributed by atoms with Gasteiger partial charge in [0.1, 0.15) is 5.75 Å². The van der Waals surface area contributed by atoms with Gasteiger partial charge in [-0.3, -0.25) is 4.98 Å². The minimum absolute atomic E-state index is 0.295. The average Bonchev–Trinajstić information content (AvgIpc) is 3.47. The van der Waals surface area contributed by atoms with Crippen LogP contribution in [0.1, 0.15) is 51.4 Å². The van der Waals surface area contributed by atoms with E-state index in [0.717, 1.165) is 81.0 Å². The lowest BCUT2D eigenvalue weighted by Crippen LogP contribution is -2.46. The van der Waals surface area contributed by atoms with Crippen LogP contribution in [-0.2, 0) is 19.0 Å². The molecule has 3 aliphatic heterocycles. The monoisotopic (exact) mass is 553 g/mol. The second-order valence-electron chi connectivity index (χ2n) is 11.7. The molecule has 1 saturated carbocycles. The molecule has 218 valence electrons. The first-order chi connectivity index (χ1) is 19.6. The quantitative estimate of drug-likeness (QED) is 0.442. The number of hydrogen-bond acceptors (Lipinski definition) is 9. The molecule has 1 aromatic heterocycles. The van der Waals surface area contributed by atoms with Gasteiger partial charge in [0, 0.05) is 24.3 Å². The van der Waals surface area contributed by atoms with Crippen LogP contribution in [0.5, 0.6) is 11.5 Å². The molecule has 9 heteroatoms. The van der Waals surface area contributed by atoms with Gasteiger partial charge < -0.3 is 33.5 Å². The van der Waals surface area contributed by atoms with Crippen molar-refractivity contribution in [2.45, 2.75) is 63.3 Å². The molecule has 1 aliphatic carbocycles. The number of nitrogens with zero attached hydrogens (tertiary/aromatic N) is 3. The van der Waals surface area contributed by atoms with E-state index in [1.807, 2.05) is 18.2 Å². The van der Waals surface area contributed by atoms with Gasteiger partial charge >= 0.3 is 5.97 Å². The molecule has 40 heavy (non-hydrogen) atoms. The number of carbonyl (C=O) groups excluding carboxylic acids is 1. The summed E-state index contributed by atoms with van der Waals surface area (Å²) >= 11 is 0. The van der Waals surface area contributed by atoms with E-state index in [9.17, 15) is 4.79 Å². The number of esters is 1. The van der Waals surface area contributed by atoms with Crippen LogP contribution in [0, 0.1) is 11.8 Å². The van der Waals surface area contributed by atoms with Gasteiger partial charge in [-0.25, -0.2) is 4.79 Å². The molecule has 0 radical (unpaired) electrons. The fraction of sp³-hybridized carbons (Fsp3) is 0.677. The Labute approximate surface area is 237 Å². The molecule has 0 bridgehead atoms. The number of benzene rings is 1. The van der Waals surface area contributed by atoms with E-state index >= 15 is 0 Å². The lowest BCUT2D eigenvalue weighted by atomic mass is 9.81. The summed E-state index contributed by atoms with van der Waals surface area (Å²) in [5, 5.41) is 0.977. The Morgan fingerprint density at radius 2 is 1.90 bits per heavy atom. The first-order valence-electron chi connectivity index (χ1n) is 15.0. The van der Waals surface area contributed by atoms with Gasteiger partial charge in [-0.2, -0.15) is 0 Å². The number of rotatable bonds is 8. The maximum Gasteiger partial charge on any atom is 0.348 e. The summed E-state index contributed by atoms with van der Waals surface area (Å²) in [6.07, 6.45) is 10.5. The van der Waals surface area contributed by atoms with E-state index < -0.39 is 6.10 Å². The van der Waals surface area contributed by atoms with Crippen molar-refractivity contribution in [1.29, 1.82) is 0 Å². The fourth-order valence-corrected chi connectivity index (χ4v) is 7.19. The van der Waals surface area contributed by atoms with Crippen molar-refractivity contribution < 1.29 is 28.5 Å². The summed E-state index contributed by atoms with van der Waals surface area (Å²) in [6.45, 7) is 6.21. The highest BCUT2D eigenvalue weighted by Crippen LogP contribution is 2.43. The van der Waals surface area contributed by atoms with E-state index in [1.165, 1.54) is 39.2 Å². The van der Waals surface area contributed by atoms with Gasteiger partial charge in [0.2, 0.25) is 6.10 Å². The Morgan fingerprint density at radius 1 is 1.07 bits per heavy atom. The van der Waals surface area contributed by atoms with Gasteiger partial charge in [0.25, 0.3) is 0 Å². The Kier molecular flexibility index (Phi) is 8.32. The zero-order valence-electron chi connectivity index (χ0n) is 23.9. The number of methoxy groups -OCH3 is 2. The predicted octanol–water partition coefficient (Wildman–Crippen LogP) is 4.41. The second kappa shape index (κ2) is 12.1.